The molecule has 3 nitrogen and oxygen atoms in total. The Bertz CT molecular complexity index is 568. The fourth-order valence-electron chi connectivity index (χ4n) is 1.70. The van der Waals surface area contributed by atoms with E-state index in [-0.39, 0.29) is 5.69 Å². The number of nitrogens with two attached hydrogens (primary N) is 1. The van der Waals surface area contributed by atoms with Crippen LogP contribution in [0.2, 0.25) is 0 Å². The van der Waals surface area contributed by atoms with E-state index in [0.29, 0.717) is 12.2 Å². The van der Waals surface area contributed by atoms with E-state index in [9.17, 15) is 8.78 Å². The molecule has 0 saturated carbocycles. The van der Waals surface area contributed by atoms with Crippen molar-refractivity contribution < 1.29 is 8.78 Å². The van der Waals surface area contributed by atoms with Gasteiger partial charge in [0.15, 0.2) is 5.82 Å². The molecule has 2 rings (SSSR count). The summed E-state index contributed by atoms with van der Waals surface area (Å²) < 4.78 is 26.5. The van der Waals surface area contributed by atoms with Gasteiger partial charge in [0, 0.05) is 18.5 Å². The molecule has 0 amide bonds. The van der Waals surface area contributed by atoms with Gasteiger partial charge in [0.05, 0.1) is 28.6 Å². The molecule has 2 N–H and O–H groups in total. The molecule has 0 fully saturated rings. The SMILES string of the molecule is Cc1nc(CN(C)c2cc(F)cc(F)c2N)cs1. The van der Waals surface area contributed by atoms with E-state index in [2.05, 4.69) is 4.98 Å². The molecule has 0 aliphatic rings. The summed E-state index contributed by atoms with van der Waals surface area (Å²) in [5.74, 6) is -1.38. The number of hydrogen-bond donors (Lipinski definition) is 1. The first-order valence-electron chi connectivity index (χ1n) is 5.34. The van der Waals surface area contributed by atoms with Crippen molar-refractivity contribution in [1.82, 2.24) is 4.98 Å². The van der Waals surface area contributed by atoms with Gasteiger partial charge in [-0.2, -0.15) is 0 Å². The molecular formula is C12H13F2N3S. The molecule has 0 unspecified atom stereocenters. The number of aryl methyl sites for hydroxylation is 1. The number of nitrogens with zero attached hydrogens (tertiary/aromatic N) is 2. The van der Waals surface area contributed by atoms with Gasteiger partial charge in [-0.1, -0.05) is 0 Å². The van der Waals surface area contributed by atoms with Crippen LogP contribution in [0.1, 0.15) is 10.7 Å². The lowest BCUT2D eigenvalue weighted by atomic mass is 10.2. The van der Waals surface area contributed by atoms with Gasteiger partial charge in [-0.15, -0.1) is 11.3 Å². The molecule has 0 saturated heterocycles. The number of anilines is 2. The number of benzene rings is 1. The van der Waals surface area contributed by atoms with E-state index in [1.807, 2.05) is 12.3 Å². The lowest BCUT2D eigenvalue weighted by Gasteiger charge is -2.20. The highest BCUT2D eigenvalue weighted by molar-refractivity contribution is 7.09. The molecule has 1 aromatic carbocycles. The Balaban J connectivity index is 2.26. The summed E-state index contributed by atoms with van der Waals surface area (Å²) in [7, 11) is 1.72. The molecule has 96 valence electrons. The molecule has 6 heteroatoms. The second-order valence-corrected chi connectivity index (χ2v) is 5.10. The number of hydrogen-bond acceptors (Lipinski definition) is 4. The zero-order chi connectivity index (χ0) is 13.3. The van der Waals surface area contributed by atoms with Gasteiger partial charge in [-0.3, -0.25) is 0 Å². The fraction of sp³-hybridized carbons (Fsp3) is 0.250. The summed E-state index contributed by atoms with van der Waals surface area (Å²) in [4.78, 5) is 5.98. The van der Waals surface area contributed by atoms with Crippen LogP contribution in [0.4, 0.5) is 20.2 Å². The minimum atomic E-state index is -0.744. The van der Waals surface area contributed by atoms with Crippen LogP contribution in [-0.2, 0) is 6.54 Å². The average molecular weight is 269 g/mol. The molecular weight excluding hydrogens is 256 g/mol. The van der Waals surface area contributed by atoms with Crippen molar-refractivity contribution in [3.63, 3.8) is 0 Å². The zero-order valence-corrected chi connectivity index (χ0v) is 10.9. The maximum absolute atomic E-state index is 13.3. The summed E-state index contributed by atoms with van der Waals surface area (Å²) in [6.45, 7) is 2.36. The Hall–Kier alpha value is -1.69. The minimum Gasteiger partial charge on any atom is -0.395 e. The lowest BCUT2D eigenvalue weighted by Crippen LogP contribution is -2.19. The van der Waals surface area contributed by atoms with Crippen LogP contribution in [0.3, 0.4) is 0 Å². The van der Waals surface area contributed by atoms with Gasteiger partial charge in [0.2, 0.25) is 0 Å². The predicted molar refractivity (Wildman–Crippen MR) is 69.7 cm³/mol. The van der Waals surface area contributed by atoms with Crippen LogP contribution in [-0.4, -0.2) is 12.0 Å². The average Bonchev–Trinajstić information content (AvgIpc) is 2.69. The van der Waals surface area contributed by atoms with Crippen LogP contribution in [0.15, 0.2) is 17.5 Å². The van der Waals surface area contributed by atoms with E-state index in [1.165, 1.54) is 17.4 Å². The van der Waals surface area contributed by atoms with Crippen LogP contribution in [0.5, 0.6) is 0 Å². The minimum absolute atomic E-state index is 0.0501. The molecule has 0 aliphatic carbocycles. The first-order valence-corrected chi connectivity index (χ1v) is 6.22. The summed E-state index contributed by atoms with van der Waals surface area (Å²) in [6.07, 6.45) is 0. The highest BCUT2D eigenvalue weighted by atomic mass is 32.1. The van der Waals surface area contributed by atoms with Crippen molar-refractivity contribution in [1.29, 1.82) is 0 Å². The third kappa shape index (κ3) is 2.59. The van der Waals surface area contributed by atoms with E-state index < -0.39 is 11.6 Å². The molecule has 0 bridgehead atoms. The van der Waals surface area contributed by atoms with Gasteiger partial charge < -0.3 is 10.6 Å². The van der Waals surface area contributed by atoms with Gasteiger partial charge in [-0.25, -0.2) is 13.8 Å². The molecule has 0 spiro atoms. The normalized spacial score (nSPS) is 10.7. The maximum atomic E-state index is 13.3. The molecule has 2 aromatic rings. The van der Waals surface area contributed by atoms with Crippen LogP contribution < -0.4 is 10.6 Å². The van der Waals surface area contributed by atoms with Gasteiger partial charge in [-0.05, 0) is 13.0 Å². The zero-order valence-electron chi connectivity index (χ0n) is 10.1. The Morgan fingerprint density at radius 1 is 1.39 bits per heavy atom. The van der Waals surface area contributed by atoms with Gasteiger partial charge in [0.25, 0.3) is 0 Å². The van der Waals surface area contributed by atoms with E-state index in [4.69, 9.17) is 5.73 Å². The van der Waals surface area contributed by atoms with Crippen molar-refractivity contribution >= 4 is 22.7 Å². The molecule has 0 aliphatic heterocycles. The molecule has 18 heavy (non-hydrogen) atoms. The quantitative estimate of drug-likeness (QED) is 0.871. The largest absolute Gasteiger partial charge is 0.395 e. The lowest BCUT2D eigenvalue weighted by molar-refractivity contribution is 0.585. The second-order valence-electron chi connectivity index (χ2n) is 4.03. The summed E-state index contributed by atoms with van der Waals surface area (Å²) in [5.41, 5.74) is 6.74. The Morgan fingerprint density at radius 2 is 2.11 bits per heavy atom. The third-order valence-electron chi connectivity index (χ3n) is 2.55. The van der Waals surface area contributed by atoms with Crippen molar-refractivity contribution in [2.75, 3.05) is 17.7 Å². The third-order valence-corrected chi connectivity index (χ3v) is 3.37. The molecule has 1 aromatic heterocycles. The van der Waals surface area contributed by atoms with E-state index >= 15 is 0 Å². The monoisotopic (exact) mass is 269 g/mol. The van der Waals surface area contributed by atoms with Crippen molar-refractivity contribution in [2.45, 2.75) is 13.5 Å². The number of halogens is 2. The highest BCUT2D eigenvalue weighted by Gasteiger charge is 2.13. The number of aromatic nitrogens is 1. The molecule has 0 radical (unpaired) electrons. The van der Waals surface area contributed by atoms with Crippen LogP contribution in [0.25, 0.3) is 0 Å². The number of rotatable bonds is 3. The summed E-state index contributed by atoms with van der Waals surface area (Å²) in [6, 6.07) is 2.00. The standard InChI is InChI=1S/C12H13F2N3S/c1-7-16-9(6-18-7)5-17(2)11-4-8(13)3-10(14)12(11)15/h3-4,6H,5,15H2,1-2H3. The maximum Gasteiger partial charge on any atom is 0.151 e. The second kappa shape index (κ2) is 4.89. The Kier molecular flexibility index (Phi) is 3.47. The smallest absolute Gasteiger partial charge is 0.151 e. The Labute approximate surface area is 108 Å². The predicted octanol–water partition coefficient (Wildman–Crippen LogP) is 2.95. The van der Waals surface area contributed by atoms with Crippen molar-refractivity contribution in [3.05, 3.63) is 39.8 Å². The van der Waals surface area contributed by atoms with Gasteiger partial charge in [0.1, 0.15) is 5.82 Å². The first kappa shape index (κ1) is 12.8. The fourth-order valence-corrected chi connectivity index (χ4v) is 2.30. The summed E-state index contributed by atoms with van der Waals surface area (Å²) >= 11 is 1.53. The Morgan fingerprint density at radius 3 is 2.72 bits per heavy atom. The first-order chi connectivity index (χ1) is 8.47. The topological polar surface area (TPSA) is 42.2 Å². The van der Waals surface area contributed by atoms with E-state index in [1.54, 1.807) is 11.9 Å². The molecule has 1 heterocycles. The molecule has 0 atom stereocenters. The van der Waals surface area contributed by atoms with Gasteiger partial charge >= 0.3 is 0 Å². The van der Waals surface area contributed by atoms with Crippen LogP contribution in [0, 0.1) is 18.6 Å². The van der Waals surface area contributed by atoms with Crippen LogP contribution >= 0.6 is 11.3 Å². The number of nitrogen functional groups attached to an aromatic ring is 1. The highest BCUT2D eigenvalue weighted by Crippen LogP contribution is 2.27. The van der Waals surface area contributed by atoms with E-state index in [0.717, 1.165) is 16.8 Å². The van der Waals surface area contributed by atoms with Crippen molar-refractivity contribution in [3.8, 4) is 0 Å². The number of thiazole rings is 1. The summed E-state index contributed by atoms with van der Waals surface area (Å²) in [5, 5.41) is 2.87. The van der Waals surface area contributed by atoms with Crippen molar-refractivity contribution in [2.24, 2.45) is 0 Å².